The Morgan fingerprint density at radius 2 is 1.40 bits per heavy atom. The second kappa shape index (κ2) is 14.4. The minimum Gasteiger partial charge on any atom is -0.392 e. The standard InChI is InChI=1S/C35H32N2O8S2/c38-22-28-17-26(11-15-32(28)36-20-24-7-3-1-4-8-24)35(31-14-13-30(46(40,41)42)19-34(31)47(43,44)45)27-12-16-33(29(18-27)23-39)37-21-25-9-5-2-6-10-25/h1-19,36,38-39H,20-23H2,(H,40,41,42)(H,43,44,45). The molecular weight excluding hydrogens is 641 g/mol. The van der Waals surface area contributed by atoms with Crippen LogP contribution in [0.1, 0.15) is 27.8 Å². The SMILES string of the molecule is O=S(=O)(O)c1ccc(C(=C2C=CC(=NCc3ccccc3)C(CO)=C2)c2ccc(NCc3ccccc3)c(CO)c2)c(S(=O)(=O)O)c1. The Morgan fingerprint density at radius 1 is 0.723 bits per heavy atom. The van der Waals surface area contributed by atoms with Gasteiger partial charge in [0.05, 0.1) is 30.4 Å². The van der Waals surface area contributed by atoms with Crippen LogP contribution in [-0.2, 0) is 39.9 Å². The molecule has 5 rings (SSSR count). The van der Waals surface area contributed by atoms with Crippen molar-refractivity contribution in [2.75, 3.05) is 11.9 Å². The zero-order chi connectivity index (χ0) is 33.6. The van der Waals surface area contributed by atoms with Gasteiger partial charge in [-0.2, -0.15) is 16.8 Å². The van der Waals surface area contributed by atoms with Gasteiger partial charge in [-0.3, -0.25) is 14.1 Å². The molecular formula is C35H32N2O8S2. The second-order valence-corrected chi connectivity index (χ2v) is 13.5. The average Bonchev–Trinajstić information content (AvgIpc) is 3.07. The molecule has 1 aliphatic carbocycles. The number of allylic oxidation sites excluding steroid dienone is 4. The van der Waals surface area contributed by atoms with Crippen molar-refractivity contribution >= 4 is 37.2 Å². The first-order chi connectivity index (χ1) is 22.5. The molecule has 0 saturated carbocycles. The van der Waals surface area contributed by atoms with Gasteiger partial charge in [-0.25, -0.2) is 0 Å². The topological polar surface area (TPSA) is 174 Å². The van der Waals surface area contributed by atoms with Crippen LogP contribution in [-0.4, -0.2) is 48.5 Å². The first kappa shape index (κ1) is 33.7. The average molecular weight is 673 g/mol. The minimum absolute atomic E-state index is 0.0772. The fraction of sp³-hybridized carbons (Fsp3) is 0.114. The largest absolute Gasteiger partial charge is 0.392 e. The second-order valence-electron chi connectivity index (χ2n) is 10.7. The molecule has 0 heterocycles. The predicted molar refractivity (Wildman–Crippen MR) is 180 cm³/mol. The highest BCUT2D eigenvalue weighted by atomic mass is 32.2. The number of aliphatic hydroxyl groups excluding tert-OH is 2. The molecule has 0 amide bonds. The number of rotatable bonds is 11. The van der Waals surface area contributed by atoms with E-state index in [-0.39, 0.29) is 17.7 Å². The van der Waals surface area contributed by atoms with Crippen molar-refractivity contribution in [1.82, 2.24) is 0 Å². The summed E-state index contributed by atoms with van der Waals surface area (Å²) in [5.74, 6) is 0. The maximum absolute atomic E-state index is 12.7. The van der Waals surface area contributed by atoms with Crippen LogP contribution in [0.4, 0.5) is 5.69 Å². The maximum atomic E-state index is 12.7. The first-order valence-electron chi connectivity index (χ1n) is 14.4. The summed E-state index contributed by atoms with van der Waals surface area (Å²) >= 11 is 0. The smallest absolute Gasteiger partial charge is 0.295 e. The number of benzene rings is 4. The Labute approximate surface area is 273 Å². The van der Waals surface area contributed by atoms with E-state index in [4.69, 9.17) is 0 Å². The van der Waals surface area contributed by atoms with Gasteiger partial charge in [0.15, 0.2) is 0 Å². The molecule has 5 N–H and O–H groups in total. The number of anilines is 1. The maximum Gasteiger partial charge on any atom is 0.295 e. The molecule has 0 fully saturated rings. The molecule has 0 aliphatic heterocycles. The van der Waals surface area contributed by atoms with E-state index in [1.807, 2.05) is 60.7 Å². The van der Waals surface area contributed by atoms with Crippen LogP contribution in [0.15, 0.2) is 141 Å². The van der Waals surface area contributed by atoms with E-state index in [1.54, 1.807) is 36.4 Å². The van der Waals surface area contributed by atoms with Crippen LogP contribution >= 0.6 is 0 Å². The molecule has 10 nitrogen and oxygen atoms in total. The van der Waals surface area contributed by atoms with Gasteiger partial charge in [-0.05, 0) is 64.3 Å². The lowest BCUT2D eigenvalue weighted by molar-refractivity contribution is 0.282. The third-order valence-electron chi connectivity index (χ3n) is 7.50. The van der Waals surface area contributed by atoms with Crippen LogP contribution < -0.4 is 5.32 Å². The van der Waals surface area contributed by atoms with Gasteiger partial charge in [0, 0.05) is 28.9 Å². The number of hydrogen-bond acceptors (Lipinski definition) is 8. The Hall–Kier alpha value is -4.69. The lowest BCUT2D eigenvalue weighted by Crippen LogP contribution is -2.11. The lowest BCUT2D eigenvalue weighted by Gasteiger charge is -2.20. The quantitative estimate of drug-likeness (QED) is 0.134. The Bertz CT molecular complexity index is 2120. The van der Waals surface area contributed by atoms with Crippen LogP contribution in [0.5, 0.6) is 0 Å². The van der Waals surface area contributed by atoms with Gasteiger partial charge in [-0.15, -0.1) is 0 Å². The van der Waals surface area contributed by atoms with Crippen LogP contribution in [0.2, 0.25) is 0 Å². The van der Waals surface area contributed by atoms with Crippen molar-refractivity contribution in [3.63, 3.8) is 0 Å². The van der Waals surface area contributed by atoms with Gasteiger partial charge in [0.1, 0.15) is 4.90 Å². The molecule has 0 unspecified atom stereocenters. The van der Waals surface area contributed by atoms with Crippen molar-refractivity contribution in [1.29, 1.82) is 0 Å². The number of nitrogens with zero attached hydrogens (tertiary/aromatic N) is 1. The van der Waals surface area contributed by atoms with Crippen LogP contribution in [0.25, 0.3) is 5.57 Å². The zero-order valence-corrected chi connectivity index (χ0v) is 26.6. The van der Waals surface area contributed by atoms with Gasteiger partial charge < -0.3 is 15.5 Å². The summed E-state index contributed by atoms with van der Waals surface area (Å²) < 4.78 is 69.0. The van der Waals surface area contributed by atoms with Gasteiger partial charge in [-0.1, -0.05) is 78.9 Å². The Morgan fingerprint density at radius 3 is 2.02 bits per heavy atom. The Kier molecular flexibility index (Phi) is 10.3. The number of aliphatic imine (C=N–C) groups is 1. The summed E-state index contributed by atoms with van der Waals surface area (Å²) in [6, 6.07) is 27.1. The zero-order valence-electron chi connectivity index (χ0n) is 25.0. The minimum atomic E-state index is -5.03. The summed E-state index contributed by atoms with van der Waals surface area (Å²) in [5.41, 5.74) is 5.02. The van der Waals surface area contributed by atoms with Crippen LogP contribution in [0, 0.1) is 0 Å². The van der Waals surface area contributed by atoms with Crippen molar-refractivity contribution in [3.05, 3.63) is 154 Å². The highest BCUT2D eigenvalue weighted by Gasteiger charge is 2.25. The van der Waals surface area contributed by atoms with Crippen molar-refractivity contribution < 1.29 is 36.2 Å². The summed E-state index contributed by atoms with van der Waals surface area (Å²) in [5, 5.41) is 23.9. The number of hydrogen-bond donors (Lipinski definition) is 5. The fourth-order valence-corrected chi connectivity index (χ4v) is 6.49. The monoisotopic (exact) mass is 672 g/mol. The van der Waals surface area contributed by atoms with Gasteiger partial charge >= 0.3 is 0 Å². The molecule has 0 bridgehead atoms. The third kappa shape index (κ3) is 8.19. The summed E-state index contributed by atoms with van der Waals surface area (Å²) in [4.78, 5) is 3.14. The van der Waals surface area contributed by atoms with E-state index in [0.717, 1.165) is 17.2 Å². The van der Waals surface area contributed by atoms with Crippen molar-refractivity contribution in [2.24, 2.45) is 4.99 Å². The molecule has 4 aromatic rings. The molecule has 0 spiro atoms. The number of aliphatic hydroxyl groups is 2. The van der Waals surface area contributed by atoms with Crippen molar-refractivity contribution in [3.8, 4) is 0 Å². The van der Waals surface area contributed by atoms with E-state index < -0.39 is 36.6 Å². The molecule has 0 aromatic heterocycles. The molecule has 12 heteroatoms. The lowest BCUT2D eigenvalue weighted by atomic mass is 9.88. The van der Waals surface area contributed by atoms with E-state index >= 15 is 0 Å². The predicted octanol–water partition coefficient (Wildman–Crippen LogP) is 5.22. The van der Waals surface area contributed by atoms with E-state index in [2.05, 4.69) is 10.3 Å². The molecule has 0 atom stereocenters. The van der Waals surface area contributed by atoms with E-state index in [9.17, 15) is 36.2 Å². The van der Waals surface area contributed by atoms with Gasteiger partial charge in [0.25, 0.3) is 20.2 Å². The van der Waals surface area contributed by atoms with E-state index in [1.165, 1.54) is 6.07 Å². The highest BCUT2D eigenvalue weighted by Crippen LogP contribution is 2.37. The molecule has 4 aromatic carbocycles. The highest BCUT2D eigenvalue weighted by molar-refractivity contribution is 7.86. The molecule has 0 radical (unpaired) electrons. The Balaban J connectivity index is 1.68. The number of nitrogens with one attached hydrogen (secondary N) is 1. The van der Waals surface area contributed by atoms with Crippen LogP contribution in [0.3, 0.4) is 0 Å². The first-order valence-corrected chi connectivity index (χ1v) is 17.3. The molecule has 0 saturated heterocycles. The molecule has 242 valence electrons. The third-order valence-corrected chi connectivity index (χ3v) is 9.24. The van der Waals surface area contributed by atoms with Gasteiger partial charge in [0.2, 0.25) is 0 Å². The summed E-state index contributed by atoms with van der Waals surface area (Å²) in [6.45, 7) is 0.0583. The molecule has 1 aliphatic rings. The van der Waals surface area contributed by atoms with E-state index in [0.29, 0.717) is 52.8 Å². The van der Waals surface area contributed by atoms with Crippen molar-refractivity contribution in [2.45, 2.75) is 29.5 Å². The molecule has 47 heavy (non-hydrogen) atoms. The normalized spacial score (nSPS) is 15.4. The summed E-state index contributed by atoms with van der Waals surface area (Å²) in [6.07, 6.45) is 4.97. The fourth-order valence-electron chi connectivity index (χ4n) is 5.19. The summed E-state index contributed by atoms with van der Waals surface area (Å²) in [7, 11) is -9.85.